The lowest BCUT2D eigenvalue weighted by atomic mass is 10.3. The van der Waals surface area contributed by atoms with E-state index >= 15 is 0 Å². The van der Waals surface area contributed by atoms with E-state index in [4.69, 9.17) is 0 Å². The molecule has 1 heterocycles. The predicted molar refractivity (Wildman–Crippen MR) is 45.2 cm³/mol. The zero-order valence-corrected chi connectivity index (χ0v) is 6.94. The molecular formula is C6H6N2O2S. The number of carbonyl (C=O) groups is 1. The van der Waals surface area contributed by atoms with E-state index in [2.05, 4.69) is 26.9 Å². The van der Waals surface area contributed by atoms with Gasteiger partial charge in [-0.05, 0) is 19.1 Å². The summed E-state index contributed by atoms with van der Waals surface area (Å²) in [4.78, 5) is 18.4. The van der Waals surface area contributed by atoms with Crippen LogP contribution in [0, 0.1) is 0 Å². The summed E-state index contributed by atoms with van der Waals surface area (Å²) in [6.45, 7) is 1.66. The van der Waals surface area contributed by atoms with Gasteiger partial charge in [0.2, 0.25) is 5.11 Å². The molecule has 0 unspecified atom stereocenters. The second-order valence-electron chi connectivity index (χ2n) is 1.93. The lowest BCUT2D eigenvalue weighted by molar-refractivity contribution is -0.132. The summed E-state index contributed by atoms with van der Waals surface area (Å²) < 4.78 is 4.44. The second kappa shape index (κ2) is 2.87. The van der Waals surface area contributed by atoms with Gasteiger partial charge in [0, 0.05) is 0 Å². The minimum absolute atomic E-state index is 0.183. The van der Waals surface area contributed by atoms with Crippen LogP contribution >= 0.6 is 12.2 Å². The van der Waals surface area contributed by atoms with Crippen molar-refractivity contribution in [3.8, 4) is 0 Å². The molecule has 0 aromatic carbocycles. The van der Waals surface area contributed by atoms with E-state index < -0.39 is 5.97 Å². The van der Waals surface area contributed by atoms with Crippen LogP contribution < -0.4 is 0 Å². The number of hydrogen-bond donors (Lipinski definition) is 0. The molecule has 0 N–H and O–H groups in total. The summed E-state index contributed by atoms with van der Waals surface area (Å²) in [7, 11) is 1.29. The number of methoxy groups -OCH3 is 1. The molecule has 4 nitrogen and oxygen atoms in total. The van der Waals surface area contributed by atoms with Gasteiger partial charge in [-0.1, -0.05) is 0 Å². The van der Waals surface area contributed by atoms with E-state index in [0.717, 1.165) is 0 Å². The van der Waals surface area contributed by atoms with Gasteiger partial charge in [-0.15, -0.1) is 0 Å². The van der Waals surface area contributed by atoms with Crippen molar-refractivity contribution < 1.29 is 9.53 Å². The van der Waals surface area contributed by atoms with Crippen molar-refractivity contribution in [3.05, 3.63) is 0 Å². The number of ether oxygens (including phenoxy) is 1. The first-order valence-corrected chi connectivity index (χ1v) is 3.32. The fourth-order valence-corrected chi connectivity index (χ4v) is 0.916. The molecule has 0 atom stereocenters. The van der Waals surface area contributed by atoms with Crippen LogP contribution in [0.1, 0.15) is 6.92 Å². The number of thiocarbonyl (C=S) groups is 1. The summed E-state index contributed by atoms with van der Waals surface area (Å²) in [5.74, 6) is -0.494. The minimum Gasteiger partial charge on any atom is -0.464 e. The van der Waals surface area contributed by atoms with Gasteiger partial charge in [0.1, 0.15) is 0 Å². The SMILES string of the molecule is COC(=O)C1=NC(=S)N=C1C. The fourth-order valence-electron chi connectivity index (χ4n) is 0.688. The highest BCUT2D eigenvalue weighted by Gasteiger charge is 2.20. The van der Waals surface area contributed by atoms with E-state index in [0.29, 0.717) is 5.71 Å². The number of nitrogens with zero attached hydrogens (tertiary/aromatic N) is 2. The molecule has 1 aliphatic rings. The highest BCUT2D eigenvalue weighted by molar-refractivity contribution is 7.80. The highest BCUT2D eigenvalue weighted by atomic mass is 32.1. The van der Waals surface area contributed by atoms with Gasteiger partial charge in [0.25, 0.3) is 0 Å². The summed E-state index contributed by atoms with van der Waals surface area (Å²) in [6.07, 6.45) is 0. The first-order chi connectivity index (χ1) is 5.15. The third-order valence-electron chi connectivity index (χ3n) is 1.19. The number of esters is 1. The third kappa shape index (κ3) is 1.48. The van der Waals surface area contributed by atoms with Crippen LogP contribution in [0.2, 0.25) is 0 Å². The van der Waals surface area contributed by atoms with E-state index in [1.807, 2.05) is 0 Å². The maximum Gasteiger partial charge on any atom is 0.358 e. The molecule has 0 amide bonds. The van der Waals surface area contributed by atoms with Gasteiger partial charge >= 0.3 is 5.97 Å². The van der Waals surface area contributed by atoms with Gasteiger partial charge in [0.05, 0.1) is 12.8 Å². The molecule has 0 aliphatic carbocycles. The number of carbonyl (C=O) groups excluding carboxylic acids is 1. The Morgan fingerprint density at radius 2 is 2.18 bits per heavy atom. The topological polar surface area (TPSA) is 51.0 Å². The second-order valence-corrected chi connectivity index (χ2v) is 2.30. The molecule has 1 aliphatic heterocycles. The predicted octanol–water partition coefficient (Wildman–Crippen LogP) is 0.360. The Hall–Kier alpha value is -1.10. The molecule has 0 aromatic heterocycles. The molecule has 0 saturated carbocycles. The van der Waals surface area contributed by atoms with E-state index in [1.54, 1.807) is 6.92 Å². The maximum absolute atomic E-state index is 10.9. The molecule has 0 aromatic rings. The van der Waals surface area contributed by atoms with E-state index in [9.17, 15) is 4.79 Å². The summed E-state index contributed by atoms with van der Waals surface area (Å²) in [5.41, 5.74) is 0.722. The zero-order valence-electron chi connectivity index (χ0n) is 6.12. The van der Waals surface area contributed by atoms with Crippen LogP contribution in [0.5, 0.6) is 0 Å². The van der Waals surface area contributed by atoms with Crippen LogP contribution in [-0.2, 0) is 9.53 Å². The van der Waals surface area contributed by atoms with Gasteiger partial charge in [-0.25, -0.2) is 14.8 Å². The standard InChI is InChI=1S/C6H6N2O2S/c1-3-4(5(9)10-2)8-6(11)7-3/h1-2H3. The average Bonchev–Trinajstić information content (AvgIpc) is 2.28. The normalized spacial score (nSPS) is 16.0. The van der Waals surface area contributed by atoms with Gasteiger partial charge in [-0.2, -0.15) is 0 Å². The largest absolute Gasteiger partial charge is 0.464 e. The molecule has 0 bridgehead atoms. The third-order valence-corrected chi connectivity index (χ3v) is 1.37. The lowest BCUT2D eigenvalue weighted by Crippen LogP contribution is -2.20. The Kier molecular flexibility index (Phi) is 2.09. The Balaban J connectivity index is 2.92. The van der Waals surface area contributed by atoms with Crippen molar-refractivity contribution in [3.63, 3.8) is 0 Å². The van der Waals surface area contributed by atoms with Crippen LogP contribution in [0.4, 0.5) is 0 Å². The van der Waals surface area contributed by atoms with Crippen LogP contribution in [0.15, 0.2) is 9.98 Å². The quantitative estimate of drug-likeness (QED) is 0.421. The number of aliphatic imine (C=N–C) groups is 2. The molecule has 0 spiro atoms. The average molecular weight is 170 g/mol. The fraction of sp³-hybridized carbons (Fsp3) is 0.333. The smallest absolute Gasteiger partial charge is 0.358 e. The molecule has 11 heavy (non-hydrogen) atoms. The Labute approximate surface area is 69.0 Å². The van der Waals surface area contributed by atoms with Crippen molar-refractivity contribution in [2.24, 2.45) is 9.98 Å². The molecule has 1 rings (SSSR count). The highest BCUT2D eigenvalue weighted by Crippen LogP contribution is 2.00. The monoisotopic (exact) mass is 170 g/mol. The van der Waals surface area contributed by atoms with Gasteiger partial charge in [0.15, 0.2) is 5.71 Å². The first kappa shape index (κ1) is 8.00. The van der Waals surface area contributed by atoms with Crippen molar-refractivity contribution >= 4 is 34.7 Å². The van der Waals surface area contributed by atoms with E-state index in [1.165, 1.54) is 7.11 Å². The number of rotatable bonds is 1. The van der Waals surface area contributed by atoms with Gasteiger partial charge in [-0.3, -0.25) is 0 Å². The Morgan fingerprint density at radius 1 is 1.55 bits per heavy atom. The van der Waals surface area contributed by atoms with Crippen LogP contribution in [-0.4, -0.2) is 29.6 Å². The Bertz CT molecular complexity index is 280. The van der Waals surface area contributed by atoms with Crippen molar-refractivity contribution in [1.29, 1.82) is 0 Å². The number of hydrogen-bond acceptors (Lipinski definition) is 3. The molecule has 5 heteroatoms. The summed E-state index contributed by atoms with van der Waals surface area (Å²) in [5, 5.41) is 0.183. The lowest BCUT2D eigenvalue weighted by Gasteiger charge is -1.95. The molecule has 0 saturated heterocycles. The van der Waals surface area contributed by atoms with Crippen molar-refractivity contribution in [1.82, 2.24) is 0 Å². The van der Waals surface area contributed by atoms with Gasteiger partial charge < -0.3 is 4.74 Å². The summed E-state index contributed by atoms with van der Waals surface area (Å²) in [6, 6.07) is 0. The minimum atomic E-state index is -0.494. The van der Waals surface area contributed by atoms with Crippen molar-refractivity contribution in [2.75, 3.05) is 7.11 Å². The first-order valence-electron chi connectivity index (χ1n) is 2.92. The summed E-state index contributed by atoms with van der Waals surface area (Å²) >= 11 is 4.66. The molecule has 58 valence electrons. The van der Waals surface area contributed by atoms with Crippen LogP contribution in [0.3, 0.4) is 0 Å². The molecule has 0 fully saturated rings. The van der Waals surface area contributed by atoms with E-state index in [-0.39, 0.29) is 10.8 Å². The maximum atomic E-state index is 10.9. The molecular weight excluding hydrogens is 164 g/mol. The van der Waals surface area contributed by atoms with Crippen molar-refractivity contribution in [2.45, 2.75) is 6.92 Å². The molecule has 0 radical (unpaired) electrons. The Morgan fingerprint density at radius 3 is 2.55 bits per heavy atom. The zero-order chi connectivity index (χ0) is 8.43. The van der Waals surface area contributed by atoms with Crippen LogP contribution in [0.25, 0.3) is 0 Å².